The highest BCUT2D eigenvalue weighted by atomic mass is 19.3. The normalized spacial score (nSPS) is 24.1. The number of hydrogen-bond acceptors (Lipinski definition) is 3. The molecule has 0 aromatic heterocycles. The third-order valence-electron chi connectivity index (χ3n) is 3.93. The van der Waals surface area contributed by atoms with Crippen LogP contribution in [0.1, 0.15) is 25.3 Å². The zero-order chi connectivity index (χ0) is 14.5. The van der Waals surface area contributed by atoms with Crippen LogP contribution in [0.4, 0.5) is 8.78 Å². The molecular weight excluding hydrogens is 264 g/mol. The van der Waals surface area contributed by atoms with Crippen LogP contribution >= 0.6 is 0 Å². The number of halogens is 2. The monoisotopic (exact) mass is 285 g/mol. The molecule has 1 aromatic rings. The van der Waals surface area contributed by atoms with Crippen LogP contribution < -0.4 is 4.74 Å². The molecule has 0 amide bonds. The van der Waals surface area contributed by atoms with Crippen LogP contribution in [0.3, 0.4) is 0 Å². The van der Waals surface area contributed by atoms with Gasteiger partial charge in [0.25, 0.3) is 0 Å². The Morgan fingerprint density at radius 2 is 2.25 bits per heavy atom. The SMILES string of the molecule is CC1CCCN(Cc2cccc(OC(F)F)c2)C1CO. The fraction of sp³-hybridized carbons (Fsp3) is 0.600. The largest absolute Gasteiger partial charge is 0.435 e. The maximum Gasteiger partial charge on any atom is 0.387 e. The standard InChI is InChI=1S/C15H21F2NO2/c1-11-4-3-7-18(14(11)10-19)9-12-5-2-6-13(8-12)20-15(16)17/h2,5-6,8,11,14-15,19H,3-4,7,9-10H2,1H3. The number of alkyl halides is 2. The summed E-state index contributed by atoms with van der Waals surface area (Å²) < 4.78 is 28.8. The van der Waals surface area contributed by atoms with Crippen molar-refractivity contribution in [3.8, 4) is 5.75 Å². The molecule has 0 spiro atoms. The summed E-state index contributed by atoms with van der Waals surface area (Å²) in [5, 5.41) is 9.52. The molecule has 2 rings (SSSR count). The molecule has 0 radical (unpaired) electrons. The molecule has 1 N–H and O–H groups in total. The van der Waals surface area contributed by atoms with Gasteiger partial charge in [0.2, 0.25) is 0 Å². The van der Waals surface area contributed by atoms with E-state index in [0.29, 0.717) is 12.5 Å². The van der Waals surface area contributed by atoms with Crippen molar-refractivity contribution < 1.29 is 18.6 Å². The highest BCUT2D eigenvalue weighted by Crippen LogP contribution is 2.25. The van der Waals surface area contributed by atoms with Crippen molar-refractivity contribution in [3.05, 3.63) is 29.8 Å². The Kier molecular flexibility index (Phi) is 5.31. The molecule has 0 saturated carbocycles. The number of aliphatic hydroxyl groups is 1. The van der Waals surface area contributed by atoms with E-state index in [9.17, 15) is 13.9 Å². The van der Waals surface area contributed by atoms with Gasteiger partial charge in [-0.05, 0) is 43.0 Å². The van der Waals surface area contributed by atoms with Gasteiger partial charge < -0.3 is 9.84 Å². The Hall–Kier alpha value is -1.20. The predicted octanol–water partition coefficient (Wildman–Crippen LogP) is 2.88. The molecule has 2 unspecified atom stereocenters. The van der Waals surface area contributed by atoms with E-state index in [2.05, 4.69) is 16.6 Å². The molecule has 1 heterocycles. The maximum absolute atomic E-state index is 12.2. The molecule has 1 aliphatic rings. The van der Waals surface area contributed by atoms with E-state index in [1.165, 1.54) is 6.07 Å². The minimum Gasteiger partial charge on any atom is -0.435 e. The number of hydrogen-bond donors (Lipinski definition) is 1. The van der Waals surface area contributed by atoms with Crippen molar-refractivity contribution in [3.63, 3.8) is 0 Å². The zero-order valence-electron chi connectivity index (χ0n) is 11.6. The lowest BCUT2D eigenvalue weighted by atomic mass is 9.91. The Morgan fingerprint density at radius 3 is 2.95 bits per heavy atom. The number of ether oxygens (including phenoxy) is 1. The van der Waals surface area contributed by atoms with Crippen molar-refractivity contribution in [2.45, 2.75) is 39.0 Å². The summed E-state index contributed by atoms with van der Waals surface area (Å²) in [6, 6.07) is 6.92. The van der Waals surface area contributed by atoms with Crippen molar-refractivity contribution in [2.24, 2.45) is 5.92 Å². The van der Waals surface area contributed by atoms with Crippen LogP contribution in [0.5, 0.6) is 5.75 Å². The summed E-state index contributed by atoms with van der Waals surface area (Å²) in [6.07, 6.45) is 2.22. The summed E-state index contributed by atoms with van der Waals surface area (Å²) in [6.45, 7) is 1.05. The molecule has 0 aliphatic carbocycles. The Bertz CT molecular complexity index is 428. The van der Waals surface area contributed by atoms with Gasteiger partial charge in [-0.15, -0.1) is 0 Å². The number of likely N-dealkylation sites (tertiary alicyclic amines) is 1. The van der Waals surface area contributed by atoms with Crippen LogP contribution in [0, 0.1) is 5.92 Å². The van der Waals surface area contributed by atoms with Gasteiger partial charge in [0.1, 0.15) is 5.75 Å². The summed E-state index contributed by atoms with van der Waals surface area (Å²) in [5.41, 5.74) is 0.927. The van der Waals surface area contributed by atoms with E-state index >= 15 is 0 Å². The minimum atomic E-state index is -2.80. The molecule has 1 aliphatic heterocycles. The average Bonchev–Trinajstić information content (AvgIpc) is 2.38. The van der Waals surface area contributed by atoms with Crippen LogP contribution in [0.15, 0.2) is 24.3 Å². The summed E-state index contributed by atoms with van der Waals surface area (Å²) in [7, 11) is 0. The Labute approximate surface area is 118 Å². The molecule has 0 bridgehead atoms. The number of benzene rings is 1. The first-order valence-electron chi connectivity index (χ1n) is 6.99. The van der Waals surface area contributed by atoms with Gasteiger partial charge in [0.05, 0.1) is 6.61 Å². The van der Waals surface area contributed by atoms with Crippen LogP contribution in [0.25, 0.3) is 0 Å². The van der Waals surface area contributed by atoms with Crippen LogP contribution in [-0.4, -0.2) is 35.8 Å². The van der Waals surface area contributed by atoms with Gasteiger partial charge in [-0.3, -0.25) is 4.90 Å². The number of aliphatic hydroxyl groups excluding tert-OH is 1. The third-order valence-corrected chi connectivity index (χ3v) is 3.93. The van der Waals surface area contributed by atoms with Crippen molar-refractivity contribution >= 4 is 0 Å². The first kappa shape index (κ1) is 15.2. The van der Waals surface area contributed by atoms with Gasteiger partial charge in [-0.1, -0.05) is 19.1 Å². The molecule has 3 nitrogen and oxygen atoms in total. The highest BCUT2D eigenvalue weighted by Gasteiger charge is 2.27. The van der Waals surface area contributed by atoms with E-state index < -0.39 is 6.61 Å². The van der Waals surface area contributed by atoms with Crippen molar-refractivity contribution in [2.75, 3.05) is 13.2 Å². The topological polar surface area (TPSA) is 32.7 Å². The molecular formula is C15H21F2NO2. The fourth-order valence-electron chi connectivity index (χ4n) is 2.88. The fourth-order valence-corrected chi connectivity index (χ4v) is 2.88. The lowest BCUT2D eigenvalue weighted by Crippen LogP contribution is -2.45. The second kappa shape index (κ2) is 6.99. The molecule has 1 aromatic carbocycles. The maximum atomic E-state index is 12.2. The van der Waals surface area contributed by atoms with Gasteiger partial charge in [-0.2, -0.15) is 8.78 Å². The van der Waals surface area contributed by atoms with E-state index in [1.54, 1.807) is 12.1 Å². The smallest absolute Gasteiger partial charge is 0.387 e. The Morgan fingerprint density at radius 1 is 1.45 bits per heavy atom. The van der Waals surface area contributed by atoms with Gasteiger partial charge in [-0.25, -0.2) is 0 Å². The summed E-state index contributed by atoms with van der Waals surface area (Å²) in [4.78, 5) is 2.22. The molecule has 1 saturated heterocycles. The number of rotatable bonds is 5. The molecule has 20 heavy (non-hydrogen) atoms. The second-order valence-electron chi connectivity index (χ2n) is 5.37. The van der Waals surface area contributed by atoms with Crippen LogP contribution in [-0.2, 0) is 6.54 Å². The lowest BCUT2D eigenvalue weighted by molar-refractivity contribution is -0.0499. The Balaban J connectivity index is 2.04. The molecule has 5 heteroatoms. The van der Waals surface area contributed by atoms with E-state index in [4.69, 9.17) is 0 Å². The third kappa shape index (κ3) is 3.90. The highest BCUT2D eigenvalue weighted by molar-refractivity contribution is 5.28. The van der Waals surface area contributed by atoms with Crippen molar-refractivity contribution in [1.82, 2.24) is 4.90 Å². The summed E-state index contributed by atoms with van der Waals surface area (Å²) in [5.74, 6) is 0.636. The van der Waals surface area contributed by atoms with Gasteiger partial charge >= 0.3 is 6.61 Å². The zero-order valence-corrected chi connectivity index (χ0v) is 11.6. The first-order valence-corrected chi connectivity index (χ1v) is 6.99. The quantitative estimate of drug-likeness (QED) is 0.903. The average molecular weight is 285 g/mol. The van der Waals surface area contributed by atoms with Crippen LogP contribution in [0.2, 0.25) is 0 Å². The summed E-state index contributed by atoms with van der Waals surface area (Å²) >= 11 is 0. The molecule has 112 valence electrons. The van der Waals surface area contributed by atoms with Gasteiger partial charge in [0, 0.05) is 12.6 Å². The number of nitrogens with zero attached hydrogens (tertiary/aromatic N) is 1. The molecule has 2 atom stereocenters. The first-order chi connectivity index (χ1) is 9.60. The second-order valence-corrected chi connectivity index (χ2v) is 5.37. The molecule has 1 fully saturated rings. The van der Waals surface area contributed by atoms with E-state index in [-0.39, 0.29) is 18.4 Å². The van der Waals surface area contributed by atoms with Crippen molar-refractivity contribution in [1.29, 1.82) is 0 Å². The van der Waals surface area contributed by atoms with E-state index in [1.807, 2.05) is 6.07 Å². The van der Waals surface area contributed by atoms with E-state index in [0.717, 1.165) is 24.9 Å². The number of piperidine rings is 1. The predicted molar refractivity (Wildman–Crippen MR) is 72.8 cm³/mol. The van der Waals surface area contributed by atoms with Gasteiger partial charge in [0.15, 0.2) is 0 Å². The minimum absolute atomic E-state index is 0.133. The lowest BCUT2D eigenvalue weighted by Gasteiger charge is -2.39.